The number of fused-ring (bicyclic) bond motifs is 2. The minimum Gasteiger partial charge on any atom is -0.496 e. The number of rotatable bonds is 7. The molecule has 0 unspecified atom stereocenters. The van der Waals surface area contributed by atoms with Crippen molar-refractivity contribution in [3.63, 3.8) is 0 Å². The molecule has 0 saturated carbocycles. The fourth-order valence-electron chi connectivity index (χ4n) is 4.51. The van der Waals surface area contributed by atoms with Gasteiger partial charge in [-0.1, -0.05) is 80.6 Å². The number of nitrogens with one attached hydrogen (secondary N) is 1. The molecule has 0 radical (unpaired) electrons. The zero-order valence-corrected chi connectivity index (χ0v) is 18.9. The number of anilines is 1. The molecule has 0 aliphatic heterocycles. The number of carbonyl (C=O) groups is 1. The number of hydrogen-bond acceptors (Lipinski definition) is 2. The van der Waals surface area contributed by atoms with Gasteiger partial charge in [0.1, 0.15) is 5.75 Å². The van der Waals surface area contributed by atoms with Gasteiger partial charge >= 0.3 is 0 Å². The van der Waals surface area contributed by atoms with Crippen molar-refractivity contribution in [3.8, 4) is 16.9 Å². The predicted octanol–water partition coefficient (Wildman–Crippen LogP) is 7.46. The monoisotopic (exact) mass is 423 g/mol. The fraction of sp³-hybridized carbons (Fsp3) is 0.207. The molecule has 0 heterocycles. The van der Waals surface area contributed by atoms with Crippen LogP contribution in [0.1, 0.15) is 20.3 Å². The van der Waals surface area contributed by atoms with Gasteiger partial charge in [0.2, 0.25) is 5.91 Å². The van der Waals surface area contributed by atoms with Gasteiger partial charge in [-0.2, -0.15) is 0 Å². The average molecular weight is 424 g/mol. The van der Waals surface area contributed by atoms with Crippen LogP contribution in [0.4, 0.5) is 5.69 Å². The molecule has 0 aliphatic carbocycles. The Kier molecular flexibility index (Phi) is 6.27. The van der Waals surface area contributed by atoms with E-state index >= 15 is 0 Å². The third-order valence-corrected chi connectivity index (χ3v) is 6.33. The molecule has 0 bridgehead atoms. The van der Waals surface area contributed by atoms with Gasteiger partial charge in [0, 0.05) is 22.7 Å². The highest BCUT2D eigenvalue weighted by atomic mass is 16.5. The standard InChI is InChI=1S/C29H29NO2/c1-5-19(3)22(6-2)29(31)30-25-17-15-20-11-7-9-13-23(20)27(25)28-24-14-10-8-12-21(24)16-18-26(28)32-4/h5,7-19,22H,1,6H2,2-4H3,(H,30,31)/t19-,22+/m1/s1. The summed E-state index contributed by atoms with van der Waals surface area (Å²) >= 11 is 0. The number of carbonyl (C=O) groups excluding carboxylic acids is 1. The number of benzene rings is 4. The Morgan fingerprint density at radius 1 is 0.938 bits per heavy atom. The van der Waals surface area contributed by atoms with E-state index in [-0.39, 0.29) is 17.7 Å². The molecule has 4 aromatic rings. The number of methoxy groups -OCH3 is 1. The van der Waals surface area contributed by atoms with Crippen LogP contribution in [0.15, 0.2) is 85.5 Å². The van der Waals surface area contributed by atoms with Gasteiger partial charge in [-0.05, 0) is 46.0 Å². The van der Waals surface area contributed by atoms with Crippen LogP contribution in [0.5, 0.6) is 5.75 Å². The molecule has 4 rings (SSSR count). The van der Waals surface area contributed by atoms with E-state index in [2.05, 4.69) is 48.3 Å². The summed E-state index contributed by atoms with van der Waals surface area (Å²) in [5, 5.41) is 7.64. The maximum atomic E-state index is 13.3. The van der Waals surface area contributed by atoms with Gasteiger partial charge < -0.3 is 10.1 Å². The molecule has 3 heteroatoms. The van der Waals surface area contributed by atoms with Crippen LogP contribution in [-0.4, -0.2) is 13.0 Å². The second kappa shape index (κ2) is 9.27. The van der Waals surface area contributed by atoms with Crippen LogP contribution in [0.2, 0.25) is 0 Å². The molecule has 0 aromatic heterocycles. The van der Waals surface area contributed by atoms with Crippen molar-refractivity contribution in [2.75, 3.05) is 12.4 Å². The van der Waals surface area contributed by atoms with Crippen molar-refractivity contribution in [2.24, 2.45) is 11.8 Å². The zero-order valence-electron chi connectivity index (χ0n) is 18.9. The number of ether oxygens (including phenoxy) is 1. The van der Waals surface area contributed by atoms with E-state index in [0.717, 1.165) is 50.5 Å². The first kappa shape index (κ1) is 21.6. The average Bonchev–Trinajstić information content (AvgIpc) is 2.83. The number of hydrogen-bond donors (Lipinski definition) is 1. The first-order chi connectivity index (χ1) is 15.6. The SMILES string of the molecule is C=C[C@@H](C)[C@H](CC)C(=O)Nc1ccc2ccccc2c1-c1c(OC)ccc2ccccc12. The zero-order chi connectivity index (χ0) is 22.7. The van der Waals surface area contributed by atoms with Crippen LogP contribution < -0.4 is 10.1 Å². The Hall–Kier alpha value is -3.59. The van der Waals surface area contributed by atoms with Gasteiger partial charge in [-0.15, -0.1) is 6.58 Å². The Morgan fingerprint density at radius 2 is 1.53 bits per heavy atom. The summed E-state index contributed by atoms with van der Waals surface area (Å²) < 4.78 is 5.82. The molecule has 0 fully saturated rings. The topological polar surface area (TPSA) is 38.3 Å². The lowest BCUT2D eigenvalue weighted by Gasteiger charge is -2.22. The highest BCUT2D eigenvalue weighted by molar-refractivity contribution is 6.13. The van der Waals surface area contributed by atoms with Gasteiger partial charge in [-0.3, -0.25) is 4.79 Å². The van der Waals surface area contributed by atoms with E-state index in [0.29, 0.717) is 0 Å². The van der Waals surface area contributed by atoms with Gasteiger partial charge in [0.05, 0.1) is 7.11 Å². The van der Waals surface area contributed by atoms with Crippen LogP contribution in [0.3, 0.4) is 0 Å². The van der Waals surface area contributed by atoms with Crippen LogP contribution in [0, 0.1) is 11.8 Å². The van der Waals surface area contributed by atoms with E-state index in [1.165, 1.54) is 0 Å². The first-order valence-corrected chi connectivity index (χ1v) is 11.1. The summed E-state index contributed by atoms with van der Waals surface area (Å²) in [5.41, 5.74) is 2.76. The lowest BCUT2D eigenvalue weighted by atomic mass is 9.89. The Bertz CT molecular complexity index is 1290. The molecule has 4 aromatic carbocycles. The van der Waals surface area contributed by atoms with E-state index in [9.17, 15) is 4.79 Å². The summed E-state index contributed by atoms with van der Waals surface area (Å²) in [6, 6.07) is 24.7. The minimum absolute atomic E-state index is 0.00985. The Balaban J connectivity index is 1.99. The van der Waals surface area contributed by atoms with Crippen molar-refractivity contribution in [1.29, 1.82) is 0 Å². The molecule has 32 heavy (non-hydrogen) atoms. The fourth-order valence-corrected chi connectivity index (χ4v) is 4.51. The largest absolute Gasteiger partial charge is 0.496 e. The third kappa shape index (κ3) is 3.87. The van der Waals surface area contributed by atoms with E-state index < -0.39 is 0 Å². The molecule has 1 amide bonds. The van der Waals surface area contributed by atoms with E-state index in [1.807, 2.05) is 56.3 Å². The highest BCUT2D eigenvalue weighted by Gasteiger charge is 2.24. The van der Waals surface area contributed by atoms with Gasteiger partial charge in [0.15, 0.2) is 0 Å². The maximum absolute atomic E-state index is 13.3. The van der Waals surface area contributed by atoms with Crippen molar-refractivity contribution in [1.82, 2.24) is 0 Å². The molecule has 0 saturated heterocycles. The molecular formula is C29H29NO2. The molecule has 162 valence electrons. The quantitative estimate of drug-likeness (QED) is 0.313. The van der Waals surface area contributed by atoms with Crippen molar-refractivity contribution in [2.45, 2.75) is 20.3 Å². The first-order valence-electron chi connectivity index (χ1n) is 11.1. The summed E-state index contributed by atoms with van der Waals surface area (Å²) in [7, 11) is 1.69. The summed E-state index contributed by atoms with van der Waals surface area (Å²) in [6.07, 6.45) is 2.60. The number of amides is 1. The molecule has 0 aliphatic rings. The molecular weight excluding hydrogens is 394 g/mol. The minimum atomic E-state index is -0.138. The summed E-state index contributed by atoms with van der Waals surface area (Å²) in [4.78, 5) is 13.3. The lowest BCUT2D eigenvalue weighted by molar-refractivity contribution is -0.120. The lowest BCUT2D eigenvalue weighted by Crippen LogP contribution is -2.27. The number of allylic oxidation sites excluding steroid dienone is 1. The smallest absolute Gasteiger partial charge is 0.228 e. The molecule has 2 atom stereocenters. The highest BCUT2D eigenvalue weighted by Crippen LogP contribution is 2.44. The predicted molar refractivity (Wildman–Crippen MR) is 135 cm³/mol. The molecule has 3 nitrogen and oxygen atoms in total. The van der Waals surface area contributed by atoms with Gasteiger partial charge in [0.25, 0.3) is 0 Å². The molecule has 1 N–H and O–H groups in total. The van der Waals surface area contributed by atoms with Crippen LogP contribution in [-0.2, 0) is 4.79 Å². The Labute approximate surface area is 189 Å². The van der Waals surface area contributed by atoms with Crippen molar-refractivity contribution < 1.29 is 9.53 Å². The van der Waals surface area contributed by atoms with Gasteiger partial charge in [-0.25, -0.2) is 0 Å². The second-order valence-corrected chi connectivity index (χ2v) is 8.17. The summed E-state index contributed by atoms with van der Waals surface area (Å²) in [6.45, 7) is 7.96. The van der Waals surface area contributed by atoms with Crippen LogP contribution in [0.25, 0.3) is 32.7 Å². The third-order valence-electron chi connectivity index (χ3n) is 6.33. The normalized spacial score (nSPS) is 13.0. The Morgan fingerprint density at radius 3 is 2.12 bits per heavy atom. The molecule has 0 spiro atoms. The van der Waals surface area contributed by atoms with E-state index in [4.69, 9.17) is 4.74 Å². The second-order valence-electron chi connectivity index (χ2n) is 8.17. The van der Waals surface area contributed by atoms with Crippen LogP contribution >= 0.6 is 0 Å². The van der Waals surface area contributed by atoms with Crippen molar-refractivity contribution >= 4 is 33.1 Å². The van der Waals surface area contributed by atoms with E-state index in [1.54, 1.807) is 7.11 Å². The summed E-state index contributed by atoms with van der Waals surface area (Å²) in [5.74, 6) is 0.745. The maximum Gasteiger partial charge on any atom is 0.228 e. The van der Waals surface area contributed by atoms with Crippen molar-refractivity contribution in [3.05, 3.63) is 85.5 Å².